The number of anilines is 1. The van der Waals surface area contributed by atoms with Gasteiger partial charge in [0.05, 0.1) is 0 Å². The molecule has 166 valence electrons. The minimum absolute atomic E-state index is 0.0959. The lowest BCUT2D eigenvalue weighted by Crippen LogP contribution is -2.49. The molecule has 0 atom stereocenters. The van der Waals surface area contributed by atoms with Gasteiger partial charge in [0.2, 0.25) is 15.9 Å². The molecule has 1 aliphatic carbocycles. The fraction of sp³-hybridized carbons (Fsp3) is 0.409. The number of sulfonamides is 1. The molecular weight excluding hydrogens is 424 g/mol. The molecule has 31 heavy (non-hydrogen) atoms. The smallest absolute Gasteiger partial charge is 0.249 e. The van der Waals surface area contributed by atoms with Gasteiger partial charge in [-0.25, -0.2) is 17.2 Å². The fourth-order valence-corrected chi connectivity index (χ4v) is 5.72. The molecule has 0 radical (unpaired) electrons. The topological polar surface area (TPSA) is 69.7 Å². The summed E-state index contributed by atoms with van der Waals surface area (Å²) in [5.41, 5.74) is 3.44. The van der Waals surface area contributed by atoms with Crippen LogP contribution in [0.2, 0.25) is 0 Å². The van der Waals surface area contributed by atoms with Crippen molar-refractivity contribution in [3.8, 4) is 0 Å². The average molecular weight is 450 g/mol. The Bertz CT molecular complexity index is 1060. The molecule has 2 aliphatic rings. The third-order valence-electron chi connectivity index (χ3n) is 5.89. The maximum absolute atomic E-state index is 13.9. The summed E-state index contributed by atoms with van der Waals surface area (Å²) in [6, 6.07) is 9.03. The van der Waals surface area contributed by atoms with E-state index in [2.05, 4.69) is 11.4 Å². The van der Waals surface area contributed by atoms with Gasteiger partial charge in [0.1, 0.15) is 11.6 Å². The van der Waals surface area contributed by atoms with Crippen LogP contribution >= 0.6 is 0 Å². The zero-order valence-electron chi connectivity index (χ0n) is 17.1. The normalized spacial score (nSPS) is 17.5. The number of benzene rings is 2. The van der Waals surface area contributed by atoms with Crippen LogP contribution in [0.3, 0.4) is 0 Å². The number of fused-ring (bicyclic) bond motifs is 1. The van der Waals surface area contributed by atoms with Gasteiger partial charge in [0.15, 0.2) is 4.90 Å². The second kappa shape index (κ2) is 9.02. The molecule has 0 saturated carbocycles. The summed E-state index contributed by atoms with van der Waals surface area (Å²) in [5.74, 6) is -2.28. The fourth-order valence-electron chi connectivity index (χ4n) is 4.18. The van der Waals surface area contributed by atoms with Crippen molar-refractivity contribution < 1.29 is 22.0 Å². The van der Waals surface area contributed by atoms with Crippen LogP contribution in [0.5, 0.6) is 0 Å². The van der Waals surface area contributed by atoms with Crippen molar-refractivity contribution in [1.82, 2.24) is 9.21 Å². The molecule has 1 amide bonds. The van der Waals surface area contributed by atoms with E-state index < -0.39 is 26.6 Å². The molecule has 1 aliphatic heterocycles. The number of rotatable bonds is 6. The van der Waals surface area contributed by atoms with E-state index in [0.29, 0.717) is 19.6 Å². The van der Waals surface area contributed by atoms with Gasteiger partial charge < -0.3 is 10.2 Å². The predicted molar refractivity (Wildman–Crippen MR) is 113 cm³/mol. The number of carbonyl (C=O) groups excluding carboxylic acids is 1. The van der Waals surface area contributed by atoms with Crippen LogP contribution < -0.4 is 5.32 Å². The molecule has 6 nitrogen and oxygen atoms in total. The van der Waals surface area contributed by atoms with Gasteiger partial charge >= 0.3 is 0 Å². The van der Waals surface area contributed by atoms with E-state index in [-0.39, 0.29) is 25.4 Å². The molecule has 0 aromatic heterocycles. The van der Waals surface area contributed by atoms with Crippen LogP contribution in [-0.4, -0.2) is 56.3 Å². The van der Waals surface area contributed by atoms with Crippen LogP contribution in [0.1, 0.15) is 24.0 Å². The van der Waals surface area contributed by atoms with Gasteiger partial charge in [-0.1, -0.05) is 12.1 Å². The van der Waals surface area contributed by atoms with Crippen LogP contribution in [0.15, 0.2) is 41.3 Å². The molecule has 2 aromatic rings. The SMILES string of the molecule is O=C(CCN1CCN(S(=O)(=O)c2c(F)cccc2F)CC1)Nc1ccc2c(c1)CCC2. The zero-order chi connectivity index (χ0) is 22.0. The highest BCUT2D eigenvalue weighted by molar-refractivity contribution is 7.89. The van der Waals surface area contributed by atoms with Gasteiger partial charge in [-0.3, -0.25) is 4.79 Å². The van der Waals surface area contributed by atoms with E-state index in [1.165, 1.54) is 11.1 Å². The van der Waals surface area contributed by atoms with Gasteiger partial charge in [-0.05, 0) is 54.7 Å². The number of halogens is 2. The van der Waals surface area contributed by atoms with E-state index >= 15 is 0 Å². The highest BCUT2D eigenvalue weighted by atomic mass is 32.2. The molecule has 1 N–H and O–H groups in total. The van der Waals surface area contributed by atoms with Crippen molar-refractivity contribution in [2.75, 3.05) is 38.0 Å². The van der Waals surface area contributed by atoms with E-state index in [4.69, 9.17) is 0 Å². The zero-order valence-corrected chi connectivity index (χ0v) is 17.9. The summed E-state index contributed by atoms with van der Waals surface area (Å²) in [5, 5.41) is 2.92. The molecule has 0 unspecified atom stereocenters. The van der Waals surface area contributed by atoms with Crippen molar-refractivity contribution in [1.29, 1.82) is 0 Å². The minimum Gasteiger partial charge on any atom is -0.326 e. The Balaban J connectivity index is 1.28. The Labute approximate surface area is 180 Å². The van der Waals surface area contributed by atoms with Gasteiger partial charge in [0.25, 0.3) is 0 Å². The molecule has 0 bridgehead atoms. The maximum atomic E-state index is 13.9. The van der Waals surface area contributed by atoms with Crippen LogP contribution in [0, 0.1) is 11.6 Å². The monoisotopic (exact) mass is 449 g/mol. The average Bonchev–Trinajstić information content (AvgIpc) is 3.20. The molecule has 1 heterocycles. The summed E-state index contributed by atoms with van der Waals surface area (Å²) in [6.07, 6.45) is 3.57. The summed E-state index contributed by atoms with van der Waals surface area (Å²) in [6.45, 7) is 1.49. The molecule has 1 saturated heterocycles. The summed E-state index contributed by atoms with van der Waals surface area (Å²) < 4.78 is 54.3. The number of nitrogens with one attached hydrogen (secondary N) is 1. The predicted octanol–water partition coefficient (Wildman–Crippen LogP) is 2.79. The van der Waals surface area contributed by atoms with Crippen LogP contribution in [0.4, 0.5) is 14.5 Å². The maximum Gasteiger partial charge on any atom is 0.249 e. The Kier molecular flexibility index (Phi) is 6.36. The largest absolute Gasteiger partial charge is 0.326 e. The molecular formula is C22H25F2N3O3S. The van der Waals surface area contributed by atoms with Crippen LogP contribution in [-0.2, 0) is 27.7 Å². The quantitative estimate of drug-likeness (QED) is 0.736. The first-order chi connectivity index (χ1) is 14.8. The van der Waals surface area contributed by atoms with Crippen molar-refractivity contribution in [2.45, 2.75) is 30.6 Å². The lowest BCUT2D eigenvalue weighted by Gasteiger charge is -2.33. The third-order valence-corrected chi connectivity index (χ3v) is 7.84. The first kappa shape index (κ1) is 21.9. The lowest BCUT2D eigenvalue weighted by atomic mass is 10.1. The Hall–Kier alpha value is -2.36. The first-order valence-electron chi connectivity index (χ1n) is 10.4. The number of aryl methyl sites for hydroxylation is 2. The highest BCUT2D eigenvalue weighted by Crippen LogP contribution is 2.25. The minimum atomic E-state index is -4.25. The number of hydrogen-bond acceptors (Lipinski definition) is 4. The van der Waals surface area contributed by atoms with Crippen molar-refractivity contribution in [3.05, 3.63) is 59.2 Å². The second-order valence-corrected chi connectivity index (χ2v) is 9.81. The number of nitrogens with zero attached hydrogens (tertiary/aromatic N) is 2. The van der Waals surface area contributed by atoms with E-state index in [0.717, 1.165) is 47.5 Å². The Morgan fingerprint density at radius 3 is 2.35 bits per heavy atom. The lowest BCUT2D eigenvalue weighted by molar-refractivity contribution is -0.116. The highest BCUT2D eigenvalue weighted by Gasteiger charge is 2.33. The molecule has 9 heteroatoms. The van der Waals surface area contributed by atoms with Crippen LogP contribution in [0.25, 0.3) is 0 Å². The third kappa shape index (κ3) is 4.78. The van der Waals surface area contributed by atoms with E-state index in [1.54, 1.807) is 0 Å². The Morgan fingerprint density at radius 1 is 0.968 bits per heavy atom. The molecule has 1 fully saturated rings. The van der Waals surface area contributed by atoms with Crippen molar-refractivity contribution in [3.63, 3.8) is 0 Å². The van der Waals surface area contributed by atoms with Crippen molar-refractivity contribution in [2.24, 2.45) is 0 Å². The van der Waals surface area contributed by atoms with Gasteiger partial charge in [0, 0.05) is 44.8 Å². The van der Waals surface area contributed by atoms with E-state index in [1.807, 2.05) is 17.0 Å². The van der Waals surface area contributed by atoms with Gasteiger partial charge in [-0.2, -0.15) is 4.31 Å². The summed E-state index contributed by atoms with van der Waals surface area (Å²) in [7, 11) is -4.25. The summed E-state index contributed by atoms with van der Waals surface area (Å²) >= 11 is 0. The molecule has 0 spiro atoms. The van der Waals surface area contributed by atoms with Gasteiger partial charge in [-0.15, -0.1) is 0 Å². The molecule has 4 rings (SSSR count). The second-order valence-electron chi connectivity index (χ2n) is 7.93. The number of piperazine rings is 1. The standard InChI is InChI=1S/C22H25F2N3O3S/c23-19-5-2-6-20(24)22(19)31(29,30)27-13-11-26(12-14-27)10-9-21(28)25-18-8-7-16-3-1-4-17(16)15-18/h2,5-8,15H,1,3-4,9-14H2,(H,25,28). The Morgan fingerprint density at radius 2 is 1.65 bits per heavy atom. The van der Waals surface area contributed by atoms with Crippen molar-refractivity contribution >= 4 is 21.6 Å². The first-order valence-corrected chi connectivity index (χ1v) is 11.9. The van der Waals surface area contributed by atoms with E-state index in [9.17, 15) is 22.0 Å². The summed E-state index contributed by atoms with van der Waals surface area (Å²) in [4.78, 5) is 13.4. The molecule has 2 aromatic carbocycles. The number of carbonyl (C=O) groups is 1. The number of amides is 1. The number of hydrogen-bond donors (Lipinski definition) is 1.